The van der Waals surface area contributed by atoms with Crippen LogP contribution in [0.2, 0.25) is 0 Å². The minimum absolute atomic E-state index is 0.000301. The number of hydrogen-bond acceptors (Lipinski definition) is 2. The molecule has 0 saturated carbocycles. The predicted molar refractivity (Wildman–Crippen MR) is 77.7 cm³/mol. The van der Waals surface area contributed by atoms with Gasteiger partial charge in [0.15, 0.2) is 0 Å². The van der Waals surface area contributed by atoms with Gasteiger partial charge in [-0.05, 0) is 64.0 Å². The van der Waals surface area contributed by atoms with Gasteiger partial charge in [0.25, 0.3) is 0 Å². The SMILES string of the molecule is CCNC(c1cccc(F)c1)C(C)(C)N1CCCC1. The average Bonchev–Trinajstić information content (AvgIpc) is 2.90. The summed E-state index contributed by atoms with van der Waals surface area (Å²) in [5.41, 5.74) is 1.04. The zero-order chi connectivity index (χ0) is 13.9. The monoisotopic (exact) mass is 264 g/mol. The Morgan fingerprint density at radius 2 is 2.00 bits per heavy atom. The average molecular weight is 264 g/mol. The fourth-order valence-corrected chi connectivity index (χ4v) is 3.14. The van der Waals surface area contributed by atoms with Crippen LogP contribution >= 0.6 is 0 Å². The fourth-order valence-electron chi connectivity index (χ4n) is 3.14. The molecule has 106 valence electrons. The molecule has 0 spiro atoms. The van der Waals surface area contributed by atoms with Crippen LogP contribution in [0.25, 0.3) is 0 Å². The molecule has 19 heavy (non-hydrogen) atoms. The Morgan fingerprint density at radius 1 is 1.32 bits per heavy atom. The quantitative estimate of drug-likeness (QED) is 0.877. The van der Waals surface area contributed by atoms with Crippen molar-refractivity contribution in [1.29, 1.82) is 0 Å². The van der Waals surface area contributed by atoms with Gasteiger partial charge in [-0.15, -0.1) is 0 Å². The summed E-state index contributed by atoms with van der Waals surface area (Å²) in [6, 6.07) is 7.15. The lowest BCUT2D eigenvalue weighted by Gasteiger charge is -2.42. The van der Waals surface area contributed by atoms with Gasteiger partial charge in [-0.25, -0.2) is 4.39 Å². The van der Waals surface area contributed by atoms with Crippen LogP contribution in [0, 0.1) is 5.82 Å². The molecule has 1 fully saturated rings. The first-order valence-corrected chi connectivity index (χ1v) is 7.29. The van der Waals surface area contributed by atoms with E-state index in [-0.39, 0.29) is 17.4 Å². The third kappa shape index (κ3) is 3.15. The minimum Gasteiger partial charge on any atom is -0.309 e. The minimum atomic E-state index is -0.155. The van der Waals surface area contributed by atoms with E-state index >= 15 is 0 Å². The molecular formula is C16H25FN2. The van der Waals surface area contributed by atoms with Crippen LogP contribution in [-0.4, -0.2) is 30.1 Å². The maximum absolute atomic E-state index is 13.5. The summed E-state index contributed by atoms with van der Waals surface area (Å²) in [6.45, 7) is 9.80. The maximum atomic E-state index is 13.5. The summed E-state index contributed by atoms with van der Waals surface area (Å²) in [6.07, 6.45) is 2.54. The lowest BCUT2D eigenvalue weighted by molar-refractivity contribution is 0.107. The molecule has 1 heterocycles. The van der Waals surface area contributed by atoms with E-state index in [1.54, 1.807) is 12.1 Å². The molecule has 1 aromatic carbocycles. The number of likely N-dealkylation sites (tertiary alicyclic amines) is 1. The first kappa shape index (κ1) is 14.5. The van der Waals surface area contributed by atoms with Gasteiger partial charge >= 0.3 is 0 Å². The van der Waals surface area contributed by atoms with Gasteiger partial charge in [-0.3, -0.25) is 4.90 Å². The molecule has 1 N–H and O–H groups in total. The molecule has 0 radical (unpaired) electrons. The lowest BCUT2D eigenvalue weighted by Crippen LogP contribution is -2.51. The molecule has 1 aliphatic heterocycles. The number of likely N-dealkylation sites (N-methyl/N-ethyl adjacent to an activating group) is 1. The highest BCUT2D eigenvalue weighted by molar-refractivity contribution is 5.24. The third-order valence-corrected chi connectivity index (χ3v) is 4.22. The molecule has 3 heteroatoms. The predicted octanol–water partition coefficient (Wildman–Crippen LogP) is 3.35. The molecule has 0 aliphatic carbocycles. The van der Waals surface area contributed by atoms with Gasteiger partial charge in [0.1, 0.15) is 5.82 Å². The third-order valence-electron chi connectivity index (χ3n) is 4.22. The van der Waals surface area contributed by atoms with Gasteiger partial charge in [-0.2, -0.15) is 0 Å². The molecular weight excluding hydrogens is 239 g/mol. The van der Waals surface area contributed by atoms with E-state index in [1.165, 1.54) is 18.9 Å². The van der Waals surface area contributed by atoms with Gasteiger partial charge in [0.05, 0.1) is 6.04 Å². The Bertz CT molecular complexity index is 411. The van der Waals surface area contributed by atoms with Crippen molar-refractivity contribution in [2.24, 2.45) is 0 Å². The summed E-state index contributed by atoms with van der Waals surface area (Å²) >= 11 is 0. The van der Waals surface area contributed by atoms with Crippen molar-refractivity contribution in [2.75, 3.05) is 19.6 Å². The summed E-state index contributed by atoms with van der Waals surface area (Å²) in [5, 5.41) is 3.53. The molecule has 1 saturated heterocycles. The van der Waals surface area contributed by atoms with Crippen LogP contribution in [0.5, 0.6) is 0 Å². The van der Waals surface area contributed by atoms with E-state index in [0.717, 1.165) is 25.2 Å². The van der Waals surface area contributed by atoms with Crippen LogP contribution in [0.1, 0.15) is 45.2 Å². The number of nitrogens with one attached hydrogen (secondary N) is 1. The molecule has 0 amide bonds. The molecule has 1 aromatic rings. The Hall–Kier alpha value is -0.930. The largest absolute Gasteiger partial charge is 0.309 e. The zero-order valence-electron chi connectivity index (χ0n) is 12.2. The van der Waals surface area contributed by atoms with E-state index in [4.69, 9.17) is 0 Å². The van der Waals surface area contributed by atoms with Crippen LogP contribution < -0.4 is 5.32 Å². The highest BCUT2D eigenvalue weighted by Crippen LogP contribution is 2.33. The molecule has 2 nitrogen and oxygen atoms in total. The van der Waals surface area contributed by atoms with Crippen molar-refractivity contribution >= 4 is 0 Å². The van der Waals surface area contributed by atoms with Crippen molar-refractivity contribution in [3.63, 3.8) is 0 Å². The van der Waals surface area contributed by atoms with E-state index in [9.17, 15) is 4.39 Å². The Labute approximate surface area is 116 Å². The van der Waals surface area contributed by atoms with Crippen LogP contribution in [0.4, 0.5) is 4.39 Å². The van der Waals surface area contributed by atoms with Crippen LogP contribution in [0.15, 0.2) is 24.3 Å². The van der Waals surface area contributed by atoms with E-state index < -0.39 is 0 Å². The second kappa shape index (κ2) is 6.02. The summed E-state index contributed by atoms with van der Waals surface area (Å²) in [7, 11) is 0. The van der Waals surface area contributed by atoms with Gasteiger partial charge < -0.3 is 5.32 Å². The summed E-state index contributed by atoms with van der Waals surface area (Å²) in [4.78, 5) is 2.52. The first-order valence-electron chi connectivity index (χ1n) is 7.29. The van der Waals surface area contributed by atoms with Crippen molar-refractivity contribution in [3.8, 4) is 0 Å². The Morgan fingerprint density at radius 3 is 2.58 bits per heavy atom. The second-order valence-electron chi connectivity index (χ2n) is 5.89. The van der Waals surface area contributed by atoms with Crippen molar-refractivity contribution in [3.05, 3.63) is 35.6 Å². The van der Waals surface area contributed by atoms with Gasteiger partial charge in [0.2, 0.25) is 0 Å². The standard InChI is InChI=1S/C16H25FN2/c1-4-18-15(13-8-7-9-14(17)12-13)16(2,3)19-10-5-6-11-19/h7-9,12,15,18H,4-6,10-11H2,1-3H3. The summed E-state index contributed by atoms with van der Waals surface area (Å²) < 4.78 is 13.5. The number of halogens is 1. The second-order valence-corrected chi connectivity index (χ2v) is 5.89. The van der Waals surface area contributed by atoms with Crippen molar-refractivity contribution in [1.82, 2.24) is 10.2 Å². The number of nitrogens with zero attached hydrogens (tertiary/aromatic N) is 1. The first-order chi connectivity index (χ1) is 9.05. The number of hydrogen-bond donors (Lipinski definition) is 1. The molecule has 0 aromatic heterocycles. The van der Waals surface area contributed by atoms with Crippen molar-refractivity contribution < 1.29 is 4.39 Å². The van der Waals surface area contributed by atoms with E-state index in [2.05, 4.69) is 31.0 Å². The lowest BCUT2D eigenvalue weighted by atomic mass is 9.87. The van der Waals surface area contributed by atoms with Gasteiger partial charge in [0, 0.05) is 5.54 Å². The molecule has 1 atom stereocenters. The van der Waals surface area contributed by atoms with E-state index in [1.807, 2.05) is 6.07 Å². The highest BCUT2D eigenvalue weighted by atomic mass is 19.1. The van der Waals surface area contributed by atoms with Crippen molar-refractivity contribution in [2.45, 2.75) is 45.2 Å². The Kier molecular flexibility index (Phi) is 4.58. The van der Waals surface area contributed by atoms with Crippen LogP contribution in [0.3, 0.4) is 0 Å². The molecule has 2 rings (SSSR count). The molecule has 1 unspecified atom stereocenters. The Balaban J connectivity index is 2.28. The number of rotatable bonds is 5. The highest BCUT2D eigenvalue weighted by Gasteiger charge is 2.37. The maximum Gasteiger partial charge on any atom is 0.123 e. The van der Waals surface area contributed by atoms with E-state index in [0.29, 0.717) is 0 Å². The normalized spacial score (nSPS) is 18.7. The fraction of sp³-hybridized carbons (Fsp3) is 0.625. The zero-order valence-corrected chi connectivity index (χ0v) is 12.2. The van der Waals surface area contributed by atoms with Crippen LogP contribution in [-0.2, 0) is 0 Å². The smallest absolute Gasteiger partial charge is 0.123 e. The topological polar surface area (TPSA) is 15.3 Å². The van der Waals surface area contributed by atoms with Gasteiger partial charge in [-0.1, -0.05) is 19.1 Å². The number of benzene rings is 1. The molecule has 0 bridgehead atoms. The molecule has 1 aliphatic rings. The summed E-state index contributed by atoms with van der Waals surface area (Å²) in [5.74, 6) is -0.155.